The number of hydrogen-bond acceptors (Lipinski definition) is 2. The summed E-state index contributed by atoms with van der Waals surface area (Å²) in [6.45, 7) is 0.813. The zero-order valence-corrected chi connectivity index (χ0v) is 10.9. The van der Waals surface area contributed by atoms with E-state index in [2.05, 4.69) is 33.4 Å². The van der Waals surface area contributed by atoms with Crippen molar-refractivity contribution < 1.29 is 5.11 Å². The van der Waals surface area contributed by atoms with Crippen molar-refractivity contribution in [3.05, 3.63) is 64.1 Å². The van der Waals surface area contributed by atoms with Crippen molar-refractivity contribution in [2.45, 2.75) is 13.2 Å². The van der Waals surface area contributed by atoms with Crippen molar-refractivity contribution in [3.8, 4) is 0 Å². The van der Waals surface area contributed by atoms with Gasteiger partial charge in [-0.15, -0.1) is 0 Å². The first-order valence-corrected chi connectivity index (χ1v) is 6.26. The van der Waals surface area contributed by atoms with Gasteiger partial charge in [0.2, 0.25) is 0 Å². The number of anilines is 1. The number of aliphatic hydroxyl groups excluding tert-OH is 1. The molecule has 0 amide bonds. The fraction of sp³-hybridized carbons (Fsp3) is 0.143. The molecular formula is C14H14BrNO. The first-order chi connectivity index (χ1) is 8.29. The van der Waals surface area contributed by atoms with Crippen molar-refractivity contribution in [1.82, 2.24) is 0 Å². The van der Waals surface area contributed by atoms with Crippen molar-refractivity contribution in [1.29, 1.82) is 0 Å². The fourth-order valence-corrected chi connectivity index (χ4v) is 1.89. The third-order valence-corrected chi connectivity index (χ3v) is 3.11. The van der Waals surface area contributed by atoms with E-state index in [1.54, 1.807) is 0 Å². The number of benzene rings is 2. The summed E-state index contributed by atoms with van der Waals surface area (Å²) in [4.78, 5) is 0. The average Bonchev–Trinajstić information content (AvgIpc) is 2.38. The van der Waals surface area contributed by atoms with Crippen LogP contribution in [-0.2, 0) is 13.2 Å². The van der Waals surface area contributed by atoms with Gasteiger partial charge in [0.25, 0.3) is 0 Å². The number of rotatable bonds is 4. The van der Waals surface area contributed by atoms with Crippen LogP contribution in [0.25, 0.3) is 0 Å². The maximum Gasteiger partial charge on any atom is 0.0701 e. The second-order valence-electron chi connectivity index (χ2n) is 3.80. The quantitative estimate of drug-likeness (QED) is 0.903. The average molecular weight is 292 g/mol. The van der Waals surface area contributed by atoms with Gasteiger partial charge < -0.3 is 10.4 Å². The highest BCUT2D eigenvalue weighted by Gasteiger charge is 1.99. The molecule has 0 spiro atoms. The molecule has 0 radical (unpaired) electrons. The monoisotopic (exact) mass is 291 g/mol. The molecule has 17 heavy (non-hydrogen) atoms. The molecule has 2 aromatic rings. The van der Waals surface area contributed by atoms with Crippen LogP contribution in [0.5, 0.6) is 0 Å². The Hall–Kier alpha value is -1.32. The Morgan fingerprint density at radius 1 is 1.00 bits per heavy atom. The minimum Gasteiger partial charge on any atom is -0.392 e. The smallest absolute Gasteiger partial charge is 0.0701 e. The molecule has 3 heteroatoms. The van der Waals surface area contributed by atoms with E-state index in [4.69, 9.17) is 0 Å². The molecule has 0 aliphatic carbocycles. The van der Waals surface area contributed by atoms with Crippen LogP contribution in [0.4, 0.5) is 5.69 Å². The van der Waals surface area contributed by atoms with Crippen LogP contribution < -0.4 is 5.32 Å². The molecule has 0 aliphatic heterocycles. The molecule has 88 valence electrons. The van der Waals surface area contributed by atoms with Gasteiger partial charge in [-0.2, -0.15) is 0 Å². The van der Waals surface area contributed by atoms with Crippen LogP contribution in [-0.4, -0.2) is 5.11 Å². The van der Waals surface area contributed by atoms with E-state index in [-0.39, 0.29) is 6.61 Å². The molecule has 0 atom stereocenters. The SMILES string of the molecule is OCc1ccccc1NCc1ccc(Br)cc1. The second kappa shape index (κ2) is 5.84. The molecule has 0 aliphatic rings. The van der Waals surface area contributed by atoms with Gasteiger partial charge >= 0.3 is 0 Å². The summed E-state index contributed by atoms with van der Waals surface area (Å²) in [7, 11) is 0. The van der Waals surface area contributed by atoms with Crippen molar-refractivity contribution >= 4 is 21.6 Å². The number of aliphatic hydroxyl groups is 1. The molecule has 0 saturated heterocycles. The van der Waals surface area contributed by atoms with Gasteiger partial charge in [0.05, 0.1) is 6.61 Å². The van der Waals surface area contributed by atoms with Gasteiger partial charge in [0, 0.05) is 22.3 Å². The summed E-state index contributed by atoms with van der Waals surface area (Å²) >= 11 is 3.41. The van der Waals surface area contributed by atoms with Crippen LogP contribution in [0.1, 0.15) is 11.1 Å². The van der Waals surface area contributed by atoms with Gasteiger partial charge in [0.15, 0.2) is 0 Å². The Kier molecular flexibility index (Phi) is 4.18. The molecule has 0 unspecified atom stereocenters. The van der Waals surface area contributed by atoms with Gasteiger partial charge in [-0.3, -0.25) is 0 Å². The largest absolute Gasteiger partial charge is 0.392 e. The van der Waals surface area contributed by atoms with Crippen LogP contribution in [0.2, 0.25) is 0 Å². The predicted octanol–water partition coefficient (Wildman–Crippen LogP) is 3.55. The van der Waals surface area contributed by atoms with Gasteiger partial charge in [-0.1, -0.05) is 46.3 Å². The van der Waals surface area contributed by atoms with E-state index in [0.29, 0.717) is 0 Å². The molecular weight excluding hydrogens is 278 g/mol. The first-order valence-electron chi connectivity index (χ1n) is 5.46. The molecule has 0 saturated carbocycles. The van der Waals surface area contributed by atoms with Gasteiger partial charge in [0.1, 0.15) is 0 Å². The third-order valence-electron chi connectivity index (χ3n) is 2.58. The van der Waals surface area contributed by atoms with E-state index in [1.165, 1.54) is 5.56 Å². The lowest BCUT2D eigenvalue weighted by molar-refractivity contribution is 0.282. The highest BCUT2D eigenvalue weighted by atomic mass is 79.9. The maximum absolute atomic E-state index is 9.21. The Labute approximate surface area is 109 Å². The topological polar surface area (TPSA) is 32.3 Å². The van der Waals surface area contributed by atoms with Gasteiger partial charge in [-0.05, 0) is 23.8 Å². The molecule has 2 aromatic carbocycles. The summed E-state index contributed by atoms with van der Waals surface area (Å²) in [6, 6.07) is 16.0. The molecule has 0 fully saturated rings. The van der Waals surface area contributed by atoms with E-state index >= 15 is 0 Å². The summed E-state index contributed by atoms with van der Waals surface area (Å²) in [6.07, 6.45) is 0. The minimum absolute atomic E-state index is 0.0590. The van der Waals surface area contributed by atoms with Gasteiger partial charge in [-0.25, -0.2) is 0 Å². The summed E-state index contributed by atoms with van der Waals surface area (Å²) in [5, 5.41) is 12.5. The predicted molar refractivity (Wildman–Crippen MR) is 73.8 cm³/mol. The number of nitrogens with one attached hydrogen (secondary N) is 1. The zero-order valence-electron chi connectivity index (χ0n) is 9.36. The molecule has 0 aromatic heterocycles. The Morgan fingerprint density at radius 2 is 1.71 bits per heavy atom. The second-order valence-corrected chi connectivity index (χ2v) is 4.71. The maximum atomic E-state index is 9.21. The Morgan fingerprint density at radius 3 is 2.41 bits per heavy atom. The van der Waals surface area contributed by atoms with Crippen LogP contribution >= 0.6 is 15.9 Å². The lowest BCUT2D eigenvalue weighted by Crippen LogP contribution is -2.02. The third kappa shape index (κ3) is 3.32. The van der Waals surface area contributed by atoms with E-state index in [0.717, 1.165) is 22.3 Å². The van der Waals surface area contributed by atoms with Crippen molar-refractivity contribution in [2.24, 2.45) is 0 Å². The van der Waals surface area contributed by atoms with E-state index in [9.17, 15) is 5.11 Å². The normalized spacial score (nSPS) is 10.2. The van der Waals surface area contributed by atoms with Crippen molar-refractivity contribution in [2.75, 3.05) is 5.32 Å². The highest BCUT2D eigenvalue weighted by Crippen LogP contribution is 2.17. The lowest BCUT2D eigenvalue weighted by atomic mass is 10.1. The lowest BCUT2D eigenvalue weighted by Gasteiger charge is -2.10. The van der Waals surface area contributed by atoms with E-state index in [1.807, 2.05) is 36.4 Å². The first kappa shape index (κ1) is 12.1. The standard InChI is InChI=1S/C14H14BrNO/c15-13-7-5-11(6-8-13)9-16-14-4-2-1-3-12(14)10-17/h1-8,16-17H,9-10H2. The summed E-state index contributed by atoms with van der Waals surface area (Å²) in [5.74, 6) is 0. The molecule has 2 N–H and O–H groups in total. The van der Waals surface area contributed by atoms with Crippen molar-refractivity contribution in [3.63, 3.8) is 0 Å². The van der Waals surface area contributed by atoms with Crippen LogP contribution in [0, 0.1) is 0 Å². The summed E-state index contributed by atoms with van der Waals surface area (Å²) < 4.78 is 1.08. The highest BCUT2D eigenvalue weighted by molar-refractivity contribution is 9.10. The van der Waals surface area contributed by atoms with Crippen LogP contribution in [0.3, 0.4) is 0 Å². The van der Waals surface area contributed by atoms with Crippen LogP contribution in [0.15, 0.2) is 53.0 Å². The molecule has 2 rings (SSSR count). The Bertz CT molecular complexity index is 482. The summed E-state index contributed by atoms with van der Waals surface area (Å²) in [5.41, 5.74) is 3.11. The fourth-order valence-electron chi connectivity index (χ4n) is 1.63. The molecule has 2 nitrogen and oxygen atoms in total. The Balaban J connectivity index is 2.04. The zero-order chi connectivity index (χ0) is 12.1. The number of halogens is 1. The minimum atomic E-state index is 0.0590. The number of hydrogen-bond donors (Lipinski definition) is 2. The number of para-hydroxylation sites is 1. The van der Waals surface area contributed by atoms with E-state index < -0.39 is 0 Å². The molecule has 0 bridgehead atoms. The molecule has 0 heterocycles.